The highest BCUT2D eigenvalue weighted by Gasteiger charge is 2.29. The van der Waals surface area contributed by atoms with E-state index in [2.05, 4.69) is 5.32 Å². The Morgan fingerprint density at radius 1 is 1.29 bits per heavy atom. The average molecular weight is 292 g/mol. The summed E-state index contributed by atoms with van der Waals surface area (Å²) in [6, 6.07) is 3.47. The largest absolute Gasteiger partial charge is 0.368 e. The molecule has 8 heteroatoms. The van der Waals surface area contributed by atoms with E-state index in [1.54, 1.807) is 4.90 Å². The molecule has 0 aliphatic carbocycles. The molecule has 0 radical (unpaired) electrons. The minimum atomic E-state index is -0.503. The fourth-order valence-electron chi connectivity index (χ4n) is 2.22. The normalized spacial score (nSPS) is 18.5. The third-order valence-corrected chi connectivity index (χ3v) is 3.36. The second kappa shape index (κ2) is 8.90. The van der Waals surface area contributed by atoms with Gasteiger partial charge >= 0.3 is 0 Å². The van der Waals surface area contributed by atoms with Crippen molar-refractivity contribution in [3.8, 4) is 12.1 Å². The van der Waals surface area contributed by atoms with Crippen LogP contribution < -0.4 is 11.1 Å². The van der Waals surface area contributed by atoms with Crippen molar-refractivity contribution in [2.45, 2.75) is 18.9 Å². The Morgan fingerprint density at radius 3 is 2.43 bits per heavy atom. The van der Waals surface area contributed by atoms with Gasteiger partial charge in [0.05, 0.1) is 31.5 Å². The van der Waals surface area contributed by atoms with Gasteiger partial charge in [0, 0.05) is 32.7 Å². The van der Waals surface area contributed by atoms with E-state index in [9.17, 15) is 9.59 Å². The van der Waals surface area contributed by atoms with Crippen molar-refractivity contribution >= 4 is 11.8 Å². The second-order valence-electron chi connectivity index (χ2n) is 4.79. The number of nitrogens with two attached hydrogens (primary N) is 1. The van der Waals surface area contributed by atoms with Gasteiger partial charge in [0.1, 0.15) is 6.04 Å². The molecule has 114 valence electrons. The Labute approximate surface area is 124 Å². The van der Waals surface area contributed by atoms with Crippen LogP contribution in [0.2, 0.25) is 0 Å². The quantitative estimate of drug-likeness (QED) is 0.582. The Kier molecular flexibility index (Phi) is 7.16. The number of piperazine rings is 1. The highest BCUT2D eigenvalue weighted by molar-refractivity contribution is 5.82. The Morgan fingerprint density at radius 2 is 1.90 bits per heavy atom. The lowest BCUT2D eigenvalue weighted by molar-refractivity contribution is -0.134. The monoisotopic (exact) mass is 292 g/mol. The molecule has 2 amide bonds. The molecule has 1 saturated heterocycles. The molecule has 1 fully saturated rings. The Hall–Kier alpha value is -2.16. The van der Waals surface area contributed by atoms with Crippen molar-refractivity contribution in [3.05, 3.63) is 0 Å². The third kappa shape index (κ3) is 5.38. The van der Waals surface area contributed by atoms with Crippen molar-refractivity contribution in [1.82, 2.24) is 15.1 Å². The zero-order valence-corrected chi connectivity index (χ0v) is 11.9. The van der Waals surface area contributed by atoms with Gasteiger partial charge in [-0.1, -0.05) is 0 Å². The maximum Gasteiger partial charge on any atom is 0.236 e. The molecule has 8 nitrogen and oxygen atoms in total. The first-order chi connectivity index (χ1) is 10.1. The van der Waals surface area contributed by atoms with Gasteiger partial charge in [-0.15, -0.1) is 0 Å². The molecular formula is C13H20N6O2. The molecule has 3 N–H and O–H groups in total. The molecule has 0 saturated carbocycles. The number of rotatable bonds is 7. The number of hydrogen-bond acceptors (Lipinski definition) is 6. The molecule has 1 rings (SSSR count). The van der Waals surface area contributed by atoms with Crippen LogP contribution in [-0.2, 0) is 9.59 Å². The van der Waals surface area contributed by atoms with E-state index in [1.807, 2.05) is 12.1 Å². The summed E-state index contributed by atoms with van der Waals surface area (Å²) in [4.78, 5) is 26.9. The molecule has 1 unspecified atom stereocenters. The molecule has 1 heterocycles. The number of amides is 2. The number of carbonyl (C=O) groups is 2. The topological polar surface area (TPSA) is 126 Å². The van der Waals surface area contributed by atoms with E-state index in [0.717, 1.165) is 0 Å². The number of nitriles is 2. The number of carbonyl (C=O) groups excluding carboxylic acids is 2. The van der Waals surface area contributed by atoms with E-state index < -0.39 is 11.9 Å². The third-order valence-electron chi connectivity index (χ3n) is 3.36. The predicted molar refractivity (Wildman–Crippen MR) is 74.5 cm³/mol. The summed E-state index contributed by atoms with van der Waals surface area (Å²) in [6.45, 7) is 2.34. The molecule has 1 aliphatic rings. The van der Waals surface area contributed by atoms with Crippen molar-refractivity contribution in [2.24, 2.45) is 5.73 Å². The van der Waals surface area contributed by atoms with Gasteiger partial charge in [-0.3, -0.25) is 14.5 Å². The van der Waals surface area contributed by atoms with Crippen LogP contribution >= 0.6 is 0 Å². The zero-order chi connectivity index (χ0) is 15.7. The van der Waals surface area contributed by atoms with Gasteiger partial charge in [-0.25, -0.2) is 0 Å². The zero-order valence-electron chi connectivity index (χ0n) is 11.9. The maximum absolute atomic E-state index is 12.3. The molecular weight excluding hydrogens is 272 g/mol. The van der Waals surface area contributed by atoms with Gasteiger partial charge in [0.25, 0.3) is 0 Å². The lowest BCUT2D eigenvalue weighted by Gasteiger charge is -2.34. The summed E-state index contributed by atoms with van der Waals surface area (Å²) in [7, 11) is 0. The van der Waals surface area contributed by atoms with E-state index in [4.69, 9.17) is 16.3 Å². The first-order valence-electron chi connectivity index (χ1n) is 6.86. The highest BCUT2D eigenvalue weighted by atomic mass is 16.2. The van der Waals surface area contributed by atoms with Gasteiger partial charge < -0.3 is 16.0 Å². The van der Waals surface area contributed by atoms with Crippen molar-refractivity contribution in [3.63, 3.8) is 0 Å². The molecule has 0 spiro atoms. The van der Waals surface area contributed by atoms with E-state index in [0.29, 0.717) is 32.7 Å². The number of nitrogens with zero attached hydrogens (tertiary/aromatic N) is 4. The smallest absolute Gasteiger partial charge is 0.236 e. The lowest BCUT2D eigenvalue weighted by Crippen LogP contribution is -2.59. The molecule has 21 heavy (non-hydrogen) atoms. The summed E-state index contributed by atoms with van der Waals surface area (Å²) < 4.78 is 0. The molecule has 0 aromatic heterocycles. The first-order valence-corrected chi connectivity index (χ1v) is 6.86. The maximum atomic E-state index is 12.3. The second-order valence-corrected chi connectivity index (χ2v) is 4.79. The number of primary amides is 1. The van der Waals surface area contributed by atoms with E-state index in [1.165, 1.54) is 4.90 Å². The van der Waals surface area contributed by atoms with Crippen molar-refractivity contribution < 1.29 is 9.59 Å². The number of hydrogen-bond donors (Lipinski definition) is 2. The average Bonchev–Trinajstić information content (AvgIpc) is 2.47. The lowest BCUT2D eigenvalue weighted by atomic mass is 10.1. The van der Waals surface area contributed by atoms with Crippen LogP contribution in [0.1, 0.15) is 12.8 Å². The fraction of sp³-hybridized carbons (Fsp3) is 0.692. The van der Waals surface area contributed by atoms with Gasteiger partial charge in [-0.2, -0.15) is 10.5 Å². The summed E-state index contributed by atoms with van der Waals surface area (Å²) >= 11 is 0. The van der Waals surface area contributed by atoms with E-state index in [-0.39, 0.29) is 25.3 Å². The molecule has 0 bridgehead atoms. The van der Waals surface area contributed by atoms with Gasteiger partial charge in [-0.05, 0) is 0 Å². The number of nitrogens with one attached hydrogen (secondary N) is 1. The molecule has 1 aliphatic heterocycles. The van der Waals surface area contributed by atoms with E-state index >= 15 is 0 Å². The van der Waals surface area contributed by atoms with Gasteiger partial charge in [0.2, 0.25) is 11.8 Å². The summed E-state index contributed by atoms with van der Waals surface area (Å²) in [6.07, 6.45) is 0.440. The van der Waals surface area contributed by atoms with Crippen LogP contribution in [0, 0.1) is 22.7 Å². The van der Waals surface area contributed by atoms with Gasteiger partial charge in [0.15, 0.2) is 0 Å². The summed E-state index contributed by atoms with van der Waals surface area (Å²) in [5.74, 6) is -0.649. The first kappa shape index (κ1) is 16.9. The minimum Gasteiger partial charge on any atom is -0.368 e. The van der Waals surface area contributed by atoms with Crippen LogP contribution in [0.25, 0.3) is 0 Å². The van der Waals surface area contributed by atoms with Crippen molar-refractivity contribution in [1.29, 1.82) is 10.5 Å². The highest BCUT2D eigenvalue weighted by Crippen LogP contribution is 2.05. The summed E-state index contributed by atoms with van der Waals surface area (Å²) in [5, 5.41) is 20.3. The molecule has 0 aromatic carbocycles. The summed E-state index contributed by atoms with van der Waals surface area (Å²) in [5.41, 5.74) is 5.34. The van der Waals surface area contributed by atoms with Crippen LogP contribution in [0.5, 0.6) is 0 Å². The molecule has 1 atom stereocenters. The fourth-order valence-corrected chi connectivity index (χ4v) is 2.22. The standard InChI is InChI=1S/C13H20N6O2/c14-3-1-6-18(7-2-4-15)12(20)10-19-8-5-17-9-11(19)13(16)21/h11,17H,1-2,5-10H2,(H2,16,21). The molecule has 0 aromatic rings. The van der Waals surface area contributed by atoms with Crippen LogP contribution in [0.3, 0.4) is 0 Å². The SMILES string of the molecule is N#CCCN(CCC#N)C(=O)CN1CCNCC1C(N)=O. The van der Waals surface area contributed by atoms with Crippen LogP contribution in [0.4, 0.5) is 0 Å². The Balaban J connectivity index is 2.63. The predicted octanol–water partition coefficient (Wildman–Crippen LogP) is -1.60. The Bertz CT molecular complexity index is 435. The van der Waals surface area contributed by atoms with Crippen molar-refractivity contribution in [2.75, 3.05) is 39.3 Å². The minimum absolute atomic E-state index is 0.0755. The van der Waals surface area contributed by atoms with Crippen LogP contribution in [-0.4, -0.2) is 66.9 Å². The van der Waals surface area contributed by atoms with Crippen LogP contribution in [0.15, 0.2) is 0 Å².